The van der Waals surface area contributed by atoms with E-state index in [1.165, 1.54) is 0 Å². The molecule has 0 aromatic carbocycles. The molecule has 1 aliphatic heterocycles. The van der Waals surface area contributed by atoms with E-state index in [1.807, 2.05) is 16.7 Å². The van der Waals surface area contributed by atoms with Gasteiger partial charge in [-0.1, -0.05) is 6.92 Å². The Hall–Kier alpha value is -1.10. The van der Waals surface area contributed by atoms with Crippen LogP contribution in [-0.4, -0.2) is 59.0 Å². The molecular weight excluding hydrogens is 232 g/mol. The first-order chi connectivity index (χ1) is 8.54. The number of hydrogen-bond donors (Lipinski definition) is 1. The van der Waals surface area contributed by atoms with Gasteiger partial charge in [0.05, 0.1) is 13.0 Å². The Bertz CT molecular complexity index is 288. The van der Waals surface area contributed by atoms with Gasteiger partial charge in [-0.05, 0) is 26.2 Å². The highest BCUT2D eigenvalue weighted by molar-refractivity contribution is 5.78. The van der Waals surface area contributed by atoms with E-state index in [1.54, 1.807) is 0 Å². The molecule has 0 bridgehead atoms. The summed E-state index contributed by atoms with van der Waals surface area (Å²) in [6, 6.07) is 0.246. The number of nitrogens with zero attached hydrogens (tertiary/aromatic N) is 2. The van der Waals surface area contributed by atoms with Crippen LogP contribution in [0.1, 0.15) is 39.5 Å². The number of aliphatic carboxylic acids is 1. The van der Waals surface area contributed by atoms with Crippen LogP contribution in [0.4, 0.5) is 0 Å². The van der Waals surface area contributed by atoms with E-state index in [4.69, 9.17) is 5.11 Å². The van der Waals surface area contributed by atoms with Gasteiger partial charge in [0, 0.05) is 25.7 Å². The molecule has 0 aromatic rings. The van der Waals surface area contributed by atoms with E-state index in [-0.39, 0.29) is 18.4 Å². The lowest BCUT2D eigenvalue weighted by Gasteiger charge is -2.29. The van der Waals surface area contributed by atoms with Crippen molar-refractivity contribution in [3.05, 3.63) is 0 Å². The molecule has 18 heavy (non-hydrogen) atoms. The maximum absolute atomic E-state index is 12.1. The van der Waals surface area contributed by atoms with Crippen LogP contribution < -0.4 is 0 Å². The molecule has 0 spiro atoms. The summed E-state index contributed by atoms with van der Waals surface area (Å²) in [6.45, 7) is 6.60. The van der Waals surface area contributed by atoms with Crippen molar-refractivity contribution < 1.29 is 14.7 Å². The molecule has 0 saturated carbocycles. The Morgan fingerprint density at radius 1 is 1.33 bits per heavy atom. The number of rotatable bonds is 7. The van der Waals surface area contributed by atoms with Crippen LogP contribution >= 0.6 is 0 Å². The lowest BCUT2D eigenvalue weighted by atomic mass is 10.2. The standard InChI is InChI=1S/C13H24N2O3/c1-3-11(2)15(9-6-13(17)18)10-12(16)14-7-4-5-8-14/h11H,3-10H2,1-2H3,(H,17,18). The van der Waals surface area contributed by atoms with Crippen LogP contribution in [0.3, 0.4) is 0 Å². The van der Waals surface area contributed by atoms with E-state index in [9.17, 15) is 9.59 Å². The maximum atomic E-state index is 12.1. The normalized spacial score (nSPS) is 17.2. The van der Waals surface area contributed by atoms with Crippen molar-refractivity contribution in [3.63, 3.8) is 0 Å². The van der Waals surface area contributed by atoms with Crippen LogP contribution in [0, 0.1) is 0 Å². The van der Waals surface area contributed by atoms with Crippen LogP contribution in [0.5, 0.6) is 0 Å². The van der Waals surface area contributed by atoms with Crippen LogP contribution in [-0.2, 0) is 9.59 Å². The molecule has 1 fully saturated rings. The Labute approximate surface area is 109 Å². The number of carbonyl (C=O) groups excluding carboxylic acids is 1. The summed E-state index contributed by atoms with van der Waals surface area (Å²) < 4.78 is 0. The van der Waals surface area contributed by atoms with Crippen LogP contribution in [0.15, 0.2) is 0 Å². The number of amides is 1. The Morgan fingerprint density at radius 2 is 1.94 bits per heavy atom. The lowest BCUT2D eigenvalue weighted by Crippen LogP contribution is -2.43. The van der Waals surface area contributed by atoms with Crippen molar-refractivity contribution in [3.8, 4) is 0 Å². The highest BCUT2D eigenvalue weighted by Gasteiger charge is 2.22. The monoisotopic (exact) mass is 256 g/mol. The van der Waals surface area contributed by atoms with Gasteiger partial charge in [-0.3, -0.25) is 14.5 Å². The van der Waals surface area contributed by atoms with Crippen molar-refractivity contribution in [2.75, 3.05) is 26.2 Å². The summed E-state index contributed by atoms with van der Waals surface area (Å²) in [6.07, 6.45) is 3.19. The van der Waals surface area contributed by atoms with Gasteiger partial charge in [0.2, 0.25) is 5.91 Å². The average molecular weight is 256 g/mol. The topological polar surface area (TPSA) is 60.9 Å². The van der Waals surface area contributed by atoms with Crippen LogP contribution in [0.2, 0.25) is 0 Å². The fourth-order valence-electron chi connectivity index (χ4n) is 2.19. The molecule has 5 nitrogen and oxygen atoms in total. The molecule has 0 aliphatic carbocycles. The molecule has 104 valence electrons. The Kier molecular flexibility index (Phi) is 6.12. The fourth-order valence-corrected chi connectivity index (χ4v) is 2.19. The van der Waals surface area contributed by atoms with Gasteiger partial charge in [0.15, 0.2) is 0 Å². The highest BCUT2D eigenvalue weighted by Crippen LogP contribution is 2.10. The summed E-state index contributed by atoms with van der Waals surface area (Å²) in [7, 11) is 0. The summed E-state index contributed by atoms with van der Waals surface area (Å²) in [5.41, 5.74) is 0. The SMILES string of the molecule is CCC(C)N(CCC(=O)O)CC(=O)N1CCCC1. The molecule has 1 N–H and O–H groups in total. The summed E-state index contributed by atoms with van der Waals surface area (Å²) in [5.74, 6) is -0.671. The molecule has 1 rings (SSSR count). The van der Waals surface area contributed by atoms with Gasteiger partial charge >= 0.3 is 5.97 Å². The Balaban J connectivity index is 2.48. The molecule has 0 radical (unpaired) electrons. The molecule has 1 atom stereocenters. The smallest absolute Gasteiger partial charge is 0.304 e. The molecule has 0 aromatic heterocycles. The van der Waals surface area contributed by atoms with E-state index in [0.29, 0.717) is 13.1 Å². The second-order valence-corrected chi connectivity index (χ2v) is 4.96. The van der Waals surface area contributed by atoms with E-state index in [0.717, 1.165) is 32.4 Å². The maximum Gasteiger partial charge on any atom is 0.304 e. The largest absolute Gasteiger partial charge is 0.481 e. The number of carboxylic acids is 1. The number of likely N-dealkylation sites (tertiary alicyclic amines) is 1. The van der Waals surface area contributed by atoms with Crippen molar-refractivity contribution in [2.45, 2.75) is 45.6 Å². The zero-order chi connectivity index (χ0) is 13.5. The fraction of sp³-hybridized carbons (Fsp3) is 0.846. The van der Waals surface area contributed by atoms with Gasteiger partial charge in [-0.2, -0.15) is 0 Å². The first-order valence-electron chi connectivity index (χ1n) is 6.78. The minimum Gasteiger partial charge on any atom is -0.481 e. The molecule has 1 saturated heterocycles. The number of hydrogen-bond acceptors (Lipinski definition) is 3. The van der Waals surface area contributed by atoms with E-state index in [2.05, 4.69) is 6.92 Å². The van der Waals surface area contributed by atoms with Gasteiger partial charge in [0.25, 0.3) is 0 Å². The third-order valence-corrected chi connectivity index (χ3v) is 3.62. The zero-order valence-electron chi connectivity index (χ0n) is 11.4. The van der Waals surface area contributed by atoms with E-state index < -0.39 is 5.97 Å². The van der Waals surface area contributed by atoms with Crippen molar-refractivity contribution in [1.29, 1.82) is 0 Å². The summed E-state index contributed by atoms with van der Waals surface area (Å²) in [4.78, 5) is 26.6. The molecule has 1 heterocycles. The van der Waals surface area contributed by atoms with Gasteiger partial charge < -0.3 is 10.0 Å². The lowest BCUT2D eigenvalue weighted by molar-refractivity contribution is -0.138. The first kappa shape index (κ1) is 15.0. The first-order valence-corrected chi connectivity index (χ1v) is 6.78. The second kappa shape index (κ2) is 7.36. The number of carbonyl (C=O) groups is 2. The molecular formula is C13H24N2O3. The zero-order valence-corrected chi connectivity index (χ0v) is 11.4. The third kappa shape index (κ3) is 4.64. The van der Waals surface area contributed by atoms with Gasteiger partial charge in [0.1, 0.15) is 0 Å². The number of carboxylic acid groups (broad SMARTS) is 1. The minimum atomic E-state index is -0.808. The Morgan fingerprint density at radius 3 is 2.44 bits per heavy atom. The molecule has 1 unspecified atom stereocenters. The average Bonchev–Trinajstić information content (AvgIpc) is 2.86. The quantitative estimate of drug-likeness (QED) is 0.743. The predicted molar refractivity (Wildman–Crippen MR) is 69.4 cm³/mol. The summed E-state index contributed by atoms with van der Waals surface area (Å²) in [5, 5.41) is 8.74. The van der Waals surface area contributed by atoms with Gasteiger partial charge in [-0.25, -0.2) is 0 Å². The van der Waals surface area contributed by atoms with Crippen molar-refractivity contribution in [1.82, 2.24) is 9.80 Å². The van der Waals surface area contributed by atoms with E-state index >= 15 is 0 Å². The third-order valence-electron chi connectivity index (χ3n) is 3.62. The molecule has 1 aliphatic rings. The minimum absolute atomic E-state index is 0.0949. The molecule has 5 heteroatoms. The molecule has 1 amide bonds. The second-order valence-electron chi connectivity index (χ2n) is 4.96. The van der Waals surface area contributed by atoms with Crippen LogP contribution in [0.25, 0.3) is 0 Å². The van der Waals surface area contributed by atoms with Gasteiger partial charge in [-0.15, -0.1) is 0 Å². The van der Waals surface area contributed by atoms with Crippen molar-refractivity contribution in [2.24, 2.45) is 0 Å². The predicted octanol–water partition coefficient (Wildman–Crippen LogP) is 1.18. The highest BCUT2D eigenvalue weighted by atomic mass is 16.4. The van der Waals surface area contributed by atoms with Crippen molar-refractivity contribution >= 4 is 11.9 Å². The summed E-state index contributed by atoms with van der Waals surface area (Å²) >= 11 is 0.